The Morgan fingerprint density at radius 1 is 1.00 bits per heavy atom. The maximum atomic E-state index is 5.63. The van der Waals surface area contributed by atoms with Gasteiger partial charge in [0.05, 0.1) is 5.69 Å². The van der Waals surface area contributed by atoms with E-state index in [0.29, 0.717) is 17.6 Å². The molecular formula is C13H14N8. The summed E-state index contributed by atoms with van der Waals surface area (Å²) in [5.41, 5.74) is 8.95. The highest BCUT2D eigenvalue weighted by Crippen LogP contribution is 2.14. The third-order valence-electron chi connectivity index (χ3n) is 2.83. The largest absolute Gasteiger partial charge is 0.399 e. The van der Waals surface area contributed by atoms with E-state index in [2.05, 4.69) is 30.8 Å². The van der Waals surface area contributed by atoms with Crippen LogP contribution in [0, 0.1) is 13.8 Å². The van der Waals surface area contributed by atoms with Crippen molar-refractivity contribution < 1.29 is 0 Å². The number of aryl methyl sites for hydroxylation is 2. The minimum absolute atomic E-state index is 0.310. The lowest BCUT2D eigenvalue weighted by atomic mass is 10.3. The van der Waals surface area contributed by atoms with Crippen molar-refractivity contribution in [2.45, 2.75) is 13.8 Å². The summed E-state index contributed by atoms with van der Waals surface area (Å²) in [6.45, 7) is 3.82. The minimum Gasteiger partial charge on any atom is -0.399 e. The Labute approximate surface area is 121 Å². The predicted molar refractivity (Wildman–Crippen MR) is 78.4 cm³/mol. The Bertz CT molecular complexity index is 745. The van der Waals surface area contributed by atoms with Gasteiger partial charge in [0.25, 0.3) is 11.9 Å². The predicted octanol–water partition coefficient (Wildman–Crippen LogP) is 1.39. The molecule has 0 atom stereocenters. The van der Waals surface area contributed by atoms with Gasteiger partial charge in [0, 0.05) is 17.1 Å². The lowest BCUT2D eigenvalue weighted by molar-refractivity contribution is 0.713. The normalized spacial score (nSPS) is 10.6. The van der Waals surface area contributed by atoms with E-state index in [4.69, 9.17) is 5.73 Å². The van der Waals surface area contributed by atoms with Crippen molar-refractivity contribution >= 4 is 17.3 Å². The molecule has 0 aliphatic heterocycles. The Kier molecular flexibility index (Phi) is 3.19. The fraction of sp³-hybridized carbons (Fsp3) is 0.154. The number of benzene rings is 1. The van der Waals surface area contributed by atoms with Crippen LogP contribution in [0.5, 0.6) is 0 Å². The van der Waals surface area contributed by atoms with E-state index in [1.807, 2.05) is 32.0 Å². The van der Waals surface area contributed by atoms with Crippen molar-refractivity contribution in [1.82, 2.24) is 30.2 Å². The van der Waals surface area contributed by atoms with Gasteiger partial charge in [-0.2, -0.15) is 5.10 Å². The third-order valence-corrected chi connectivity index (χ3v) is 2.83. The first-order chi connectivity index (χ1) is 10.1. The molecule has 3 N–H and O–H groups in total. The van der Waals surface area contributed by atoms with E-state index in [9.17, 15) is 0 Å². The van der Waals surface area contributed by atoms with Crippen LogP contribution in [0.2, 0.25) is 0 Å². The Hall–Kier alpha value is -3.03. The second-order valence-corrected chi connectivity index (χ2v) is 4.61. The van der Waals surface area contributed by atoms with E-state index in [1.54, 1.807) is 16.8 Å². The quantitative estimate of drug-likeness (QED) is 0.699. The van der Waals surface area contributed by atoms with E-state index < -0.39 is 0 Å². The molecule has 0 aliphatic rings. The van der Waals surface area contributed by atoms with Crippen molar-refractivity contribution in [3.05, 3.63) is 41.7 Å². The maximum absolute atomic E-state index is 5.63. The van der Waals surface area contributed by atoms with Crippen LogP contribution in [0.4, 0.5) is 17.3 Å². The maximum Gasteiger partial charge on any atom is 0.289 e. The first-order valence-corrected chi connectivity index (χ1v) is 6.35. The van der Waals surface area contributed by atoms with Gasteiger partial charge in [-0.15, -0.1) is 20.4 Å². The third kappa shape index (κ3) is 2.78. The summed E-state index contributed by atoms with van der Waals surface area (Å²) in [5.74, 6) is 0.647. The molecule has 0 aliphatic carbocycles. The number of nitrogens with one attached hydrogen (secondary N) is 1. The average molecular weight is 282 g/mol. The van der Waals surface area contributed by atoms with Crippen LogP contribution in [-0.2, 0) is 0 Å². The first kappa shape index (κ1) is 13.0. The van der Waals surface area contributed by atoms with E-state index >= 15 is 0 Å². The van der Waals surface area contributed by atoms with Crippen molar-refractivity contribution in [2.75, 3.05) is 11.1 Å². The van der Waals surface area contributed by atoms with Gasteiger partial charge >= 0.3 is 0 Å². The zero-order valence-electron chi connectivity index (χ0n) is 11.6. The zero-order chi connectivity index (χ0) is 14.8. The fourth-order valence-electron chi connectivity index (χ4n) is 1.89. The van der Waals surface area contributed by atoms with Gasteiger partial charge < -0.3 is 11.1 Å². The smallest absolute Gasteiger partial charge is 0.289 e. The lowest BCUT2D eigenvalue weighted by Gasteiger charge is -2.04. The Balaban J connectivity index is 1.81. The monoisotopic (exact) mass is 282 g/mol. The molecule has 3 aromatic rings. The zero-order valence-corrected chi connectivity index (χ0v) is 11.6. The number of anilines is 3. The first-order valence-electron chi connectivity index (χ1n) is 6.35. The Morgan fingerprint density at radius 3 is 2.24 bits per heavy atom. The number of nitrogen functional groups attached to an aromatic ring is 1. The van der Waals surface area contributed by atoms with Gasteiger partial charge in [-0.1, -0.05) is 0 Å². The summed E-state index contributed by atoms with van der Waals surface area (Å²) in [7, 11) is 0. The molecule has 1 aromatic carbocycles. The van der Waals surface area contributed by atoms with Crippen LogP contribution in [0.1, 0.15) is 11.4 Å². The number of hydrogen-bond acceptors (Lipinski definition) is 7. The van der Waals surface area contributed by atoms with E-state index in [-0.39, 0.29) is 0 Å². The number of nitrogens with zero attached hydrogens (tertiary/aromatic N) is 6. The molecule has 8 heteroatoms. The molecule has 0 unspecified atom stereocenters. The molecular weight excluding hydrogens is 268 g/mol. The highest BCUT2D eigenvalue weighted by molar-refractivity contribution is 5.56. The SMILES string of the molecule is Cc1cc(C)n(-c2nnc(Nc3ccc(N)cc3)nn2)n1. The number of hydrogen-bond donors (Lipinski definition) is 2. The van der Waals surface area contributed by atoms with Gasteiger partial charge in [-0.25, -0.2) is 4.68 Å². The van der Waals surface area contributed by atoms with Gasteiger partial charge in [0.15, 0.2) is 0 Å². The highest BCUT2D eigenvalue weighted by atomic mass is 15.5. The summed E-state index contributed by atoms with van der Waals surface area (Å²) in [5, 5.41) is 23.3. The van der Waals surface area contributed by atoms with Crippen LogP contribution in [0.25, 0.3) is 5.95 Å². The van der Waals surface area contributed by atoms with E-state index in [1.165, 1.54) is 0 Å². The lowest BCUT2D eigenvalue weighted by Crippen LogP contribution is -2.10. The van der Waals surface area contributed by atoms with Crippen LogP contribution in [0.15, 0.2) is 30.3 Å². The van der Waals surface area contributed by atoms with Gasteiger partial charge in [-0.05, 0) is 44.2 Å². The standard InChI is InChI=1S/C13H14N8/c1-8-7-9(2)21(20-8)13-18-16-12(17-19-13)15-11-5-3-10(14)4-6-11/h3-7H,14H2,1-2H3,(H,15,16,17). The number of nitrogens with two attached hydrogens (primary N) is 1. The Morgan fingerprint density at radius 2 is 1.67 bits per heavy atom. The highest BCUT2D eigenvalue weighted by Gasteiger charge is 2.08. The second kappa shape index (κ2) is 5.16. The summed E-state index contributed by atoms with van der Waals surface area (Å²) in [6.07, 6.45) is 0. The van der Waals surface area contributed by atoms with Gasteiger partial charge in [-0.3, -0.25) is 0 Å². The summed E-state index contributed by atoms with van der Waals surface area (Å²) in [6, 6.07) is 9.16. The molecule has 0 amide bonds. The molecule has 0 spiro atoms. The molecule has 0 bridgehead atoms. The van der Waals surface area contributed by atoms with Crippen molar-refractivity contribution in [1.29, 1.82) is 0 Å². The minimum atomic E-state index is 0.310. The van der Waals surface area contributed by atoms with Crippen molar-refractivity contribution in [3.63, 3.8) is 0 Å². The average Bonchev–Trinajstić information content (AvgIpc) is 2.81. The van der Waals surface area contributed by atoms with Crippen molar-refractivity contribution in [2.24, 2.45) is 0 Å². The fourth-order valence-corrected chi connectivity index (χ4v) is 1.89. The van der Waals surface area contributed by atoms with Crippen LogP contribution in [-0.4, -0.2) is 30.2 Å². The summed E-state index contributed by atoms with van der Waals surface area (Å²) in [4.78, 5) is 0. The molecule has 0 fully saturated rings. The second-order valence-electron chi connectivity index (χ2n) is 4.61. The summed E-state index contributed by atoms with van der Waals surface area (Å²) < 4.78 is 1.60. The topological polar surface area (TPSA) is 107 Å². The van der Waals surface area contributed by atoms with Crippen LogP contribution < -0.4 is 11.1 Å². The molecule has 0 radical (unpaired) electrons. The van der Waals surface area contributed by atoms with Gasteiger partial charge in [0.2, 0.25) is 0 Å². The molecule has 8 nitrogen and oxygen atoms in total. The number of aromatic nitrogens is 6. The summed E-state index contributed by atoms with van der Waals surface area (Å²) >= 11 is 0. The molecule has 2 aromatic heterocycles. The number of rotatable bonds is 3. The molecule has 2 heterocycles. The van der Waals surface area contributed by atoms with Crippen molar-refractivity contribution in [3.8, 4) is 5.95 Å². The van der Waals surface area contributed by atoms with Crippen LogP contribution >= 0.6 is 0 Å². The molecule has 0 saturated heterocycles. The molecule has 0 saturated carbocycles. The van der Waals surface area contributed by atoms with Crippen LogP contribution in [0.3, 0.4) is 0 Å². The van der Waals surface area contributed by atoms with E-state index in [0.717, 1.165) is 17.1 Å². The van der Waals surface area contributed by atoms with Gasteiger partial charge in [0.1, 0.15) is 0 Å². The molecule has 106 valence electrons. The molecule has 21 heavy (non-hydrogen) atoms. The molecule has 3 rings (SSSR count).